The molecule has 0 aliphatic rings. The number of esters is 1. The van der Waals surface area contributed by atoms with Crippen molar-refractivity contribution < 1.29 is 24.0 Å². The molecule has 0 saturated carbocycles. The van der Waals surface area contributed by atoms with Crippen LogP contribution in [-0.2, 0) is 9.53 Å². The first-order chi connectivity index (χ1) is 12.3. The van der Waals surface area contributed by atoms with E-state index in [1.54, 1.807) is 24.3 Å². The van der Waals surface area contributed by atoms with Gasteiger partial charge in [-0.3, -0.25) is 14.9 Å². The Labute approximate surface area is 153 Å². The Morgan fingerprint density at radius 2 is 1.96 bits per heavy atom. The molecule has 1 N–H and O–H groups in total. The van der Waals surface area contributed by atoms with E-state index in [1.165, 1.54) is 26.2 Å². The second kappa shape index (κ2) is 8.30. The van der Waals surface area contributed by atoms with Gasteiger partial charge in [0.25, 0.3) is 5.91 Å². The molecule has 8 nitrogen and oxygen atoms in total. The third-order valence-corrected chi connectivity index (χ3v) is 3.59. The van der Waals surface area contributed by atoms with Crippen LogP contribution in [0, 0.1) is 10.1 Å². The van der Waals surface area contributed by atoms with Gasteiger partial charge in [-0.2, -0.15) is 0 Å². The molecule has 0 radical (unpaired) electrons. The molecule has 0 bridgehead atoms. The van der Waals surface area contributed by atoms with E-state index in [-0.39, 0.29) is 17.0 Å². The number of nitrogens with zero attached hydrogens (tertiary/aromatic N) is 1. The van der Waals surface area contributed by atoms with E-state index in [2.05, 4.69) is 5.32 Å². The summed E-state index contributed by atoms with van der Waals surface area (Å²) in [6.45, 7) is 1.38. The molecule has 1 amide bonds. The lowest BCUT2D eigenvalue weighted by Crippen LogP contribution is -2.30. The minimum Gasteiger partial charge on any atom is -0.490 e. The quantitative estimate of drug-likeness (QED) is 0.468. The largest absolute Gasteiger partial charge is 0.490 e. The van der Waals surface area contributed by atoms with Crippen molar-refractivity contribution >= 4 is 34.9 Å². The average molecular weight is 379 g/mol. The molecule has 0 fully saturated rings. The van der Waals surface area contributed by atoms with Gasteiger partial charge in [0, 0.05) is 16.8 Å². The first-order valence-corrected chi connectivity index (χ1v) is 7.79. The number of nitrogens with one attached hydrogen (secondary N) is 1. The Kier molecular flexibility index (Phi) is 6.13. The molecule has 2 aromatic rings. The predicted molar refractivity (Wildman–Crippen MR) is 94.6 cm³/mol. The highest BCUT2D eigenvalue weighted by Crippen LogP contribution is 2.28. The topological polar surface area (TPSA) is 108 Å². The Bertz CT molecular complexity index is 855. The van der Waals surface area contributed by atoms with Crippen molar-refractivity contribution in [2.45, 2.75) is 13.0 Å². The third-order valence-electron chi connectivity index (χ3n) is 3.36. The fourth-order valence-electron chi connectivity index (χ4n) is 2.05. The fourth-order valence-corrected chi connectivity index (χ4v) is 2.24. The molecule has 136 valence electrons. The monoisotopic (exact) mass is 378 g/mol. The van der Waals surface area contributed by atoms with Crippen LogP contribution in [0.1, 0.15) is 17.3 Å². The number of anilines is 1. The van der Waals surface area contributed by atoms with Crippen LogP contribution in [0.5, 0.6) is 5.75 Å². The van der Waals surface area contributed by atoms with Crippen molar-refractivity contribution in [1.29, 1.82) is 0 Å². The Morgan fingerprint density at radius 3 is 2.58 bits per heavy atom. The van der Waals surface area contributed by atoms with Gasteiger partial charge in [0.15, 0.2) is 11.9 Å². The molecule has 1 atom stereocenters. The lowest BCUT2D eigenvalue weighted by Gasteiger charge is -2.14. The minimum absolute atomic E-state index is 0.0123. The summed E-state index contributed by atoms with van der Waals surface area (Å²) in [5, 5.41) is 14.0. The van der Waals surface area contributed by atoms with Crippen molar-refractivity contribution in [2.24, 2.45) is 0 Å². The molecule has 0 saturated heterocycles. The molecule has 0 aliphatic carbocycles. The van der Waals surface area contributed by atoms with E-state index >= 15 is 0 Å². The van der Waals surface area contributed by atoms with Crippen LogP contribution >= 0.6 is 11.6 Å². The maximum atomic E-state index is 12.2. The molecule has 0 aliphatic heterocycles. The Balaban J connectivity index is 2.07. The van der Waals surface area contributed by atoms with Crippen LogP contribution in [0.4, 0.5) is 11.4 Å². The summed E-state index contributed by atoms with van der Waals surface area (Å²) >= 11 is 5.84. The van der Waals surface area contributed by atoms with Gasteiger partial charge < -0.3 is 14.8 Å². The van der Waals surface area contributed by atoms with E-state index in [1.807, 2.05) is 0 Å². The highest BCUT2D eigenvalue weighted by atomic mass is 35.5. The summed E-state index contributed by atoms with van der Waals surface area (Å²) in [6, 6.07) is 10.1. The normalized spacial score (nSPS) is 11.3. The highest BCUT2D eigenvalue weighted by Gasteiger charge is 2.22. The molecule has 2 rings (SSSR count). The minimum atomic E-state index is -1.12. The SMILES string of the molecule is COc1ccc(C(=O)O[C@@H](C)C(=O)Nc2cccc(Cl)c2)cc1[N+](=O)[O-]. The zero-order chi connectivity index (χ0) is 19.3. The second-order valence-corrected chi connectivity index (χ2v) is 5.63. The summed E-state index contributed by atoms with van der Waals surface area (Å²) in [5.74, 6) is -1.42. The smallest absolute Gasteiger partial charge is 0.339 e. The van der Waals surface area contributed by atoms with Crippen LogP contribution in [0.3, 0.4) is 0 Å². The van der Waals surface area contributed by atoms with Crippen molar-refractivity contribution in [3.05, 3.63) is 63.2 Å². The zero-order valence-electron chi connectivity index (χ0n) is 13.9. The third kappa shape index (κ3) is 4.70. The van der Waals surface area contributed by atoms with E-state index in [9.17, 15) is 19.7 Å². The van der Waals surface area contributed by atoms with Gasteiger partial charge in [-0.1, -0.05) is 17.7 Å². The number of rotatable bonds is 6. The van der Waals surface area contributed by atoms with Gasteiger partial charge in [-0.15, -0.1) is 0 Å². The van der Waals surface area contributed by atoms with Gasteiger partial charge in [0.05, 0.1) is 17.6 Å². The maximum absolute atomic E-state index is 12.2. The van der Waals surface area contributed by atoms with E-state index in [0.29, 0.717) is 10.7 Å². The molecule has 26 heavy (non-hydrogen) atoms. The van der Waals surface area contributed by atoms with Crippen molar-refractivity contribution in [3.63, 3.8) is 0 Å². The lowest BCUT2D eigenvalue weighted by atomic mass is 10.2. The number of nitro benzene ring substituents is 1. The number of ether oxygens (including phenoxy) is 2. The maximum Gasteiger partial charge on any atom is 0.339 e. The summed E-state index contributed by atoms with van der Waals surface area (Å²) in [5.41, 5.74) is 0.00312. The van der Waals surface area contributed by atoms with Gasteiger partial charge in [-0.05, 0) is 37.3 Å². The highest BCUT2D eigenvalue weighted by molar-refractivity contribution is 6.30. The lowest BCUT2D eigenvalue weighted by molar-refractivity contribution is -0.385. The molecule has 0 aromatic heterocycles. The fraction of sp³-hybridized carbons (Fsp3) is 0.176. The number of hydrogen-bond acceptors (Lipinski definition) is 6. The summed E-state index contributed by atoms with van der Waals surface area (Å²) in [7, 11) is 1.28. The first-order valence-electron chi connectivity index (χ1n) is 7.41. The zero-order valence-corrected chi connectivity index (χ0v) is 14.6. The van der Waals surface area contributed by atoms with Crippen LogP contribution in [0.15, 0.2) is 42.5 Å². The predicted octanol–water partition coefficient (Wildman–Crippen LogP) is 3.44. The Hall–Kier alpha value is -3.13. The number of nitro groups is 1. The summed E-state index contributed by atoms with van der Waals surface area (Å²) in [4.78, 5) is 34.6. The van der Waals surface area contributed by atoms with Gasteiger partial charge >= 0.3 is 11.7 Å². The van der Waals surface area contributed by atoms with E-state index < -0.39 is 22.9 Å². The van der Waals surface area contributed by atoms with Crippen molar-refractivity contribution in [3.8, 4) is 5.75 Å². The molecule has 9 heteroatoms. The Morgan fingerprint density at radius 1 is 1.23 bits per heavy atom. The van der Waals surface area contributed by atoms with Gasteiger partial charge in [0.1, 0.15) is 0 Å². The van der Waals surface area contributed by atoms with Gasteiger partial charge in [-0.25, -0.2) is 4.79 Å². The van der Waals surface area contributed by atoms with Gasteiger partial charge in [0.2, 0.25) is 0 Å². The molecule has 2 aromatic carbocycles. The molecule has 0 heterocycles. The van der Waals surface area contributed by atoms with Crippen LogP contribution in [0.25, 0.3) is 0 Å². The number of benzene rings is 2. The number of methoxy groups -OCH3 is 1. The van der Waals surface area contributed by atoms with Crippen molar-refractivity contribution in [2.75, 3.05) is 12.4 Å². The molecular weight excluding hydrogens is 364 g/mol. The molecule has 0 unspecified atom stereocenters. The second-order valence-electron chi connectivity index (χ2n) is 5.19. The van der Waals surface area contributed by atoms with E-state index in [0.717, 1.165) is 6.07 Å². The molecule has 0 spiro atoms. The standard InChI is InChI=1S/C17H15ClN2O6/c1-10(16(21)19-13-5-3-4-12(18)9-13)26-17(22)11-6-7-15(25-2)14(8-11)20(23)24/h3-10H,1-2H3,(H,19,21)/t10-/m0/s1. The number of carbonyl (C=O) groups excluding carboxylic acids is 2. The average Bonchev–Trinajstić information content (AvgIpc) is 2.60. The number of amides is 1. The van der Waals surface area contributed by atoms with Crippen LogP contribution in [0.2, 0.25) is 5.02 Å². The molecular formula is C17H15ClN2O6. The number of carbonyl (C=O) groups is 2. The van der Waals surface area contributed by atoms with Crippen molar-refractivity contribution in [1.82, 2.24) is 0 Å². The van der Waals surface area contributed by atoms with E-state index in [4.69, 9.17) is 21.1 Å². The van der Waals surface area contributed by atoms with Crippen LogP contribution < -0.4 is 10.1 Å². The summed E-state index contributed by atoms with van der Waals surface area (Å²) < 4.78 is 9.93. The number of halogens is 1. The van der Waals surface area contributed by atoms with Crippen LogP contribution in [-0.4, -0.2) is 30.0 Å². The number of hydrogen-bond donors (Lipinski definition) is 1. The summed E-state index contributed by atoms with van der Waals surface area (Å²) in [6.07, 6.45) is -1.12. The first kappa shape index (κ1) is 19.2.